The van der Waals surface area contributed by atoms with Crippen LogP contribution < -0.4 is 4.90 Å². The number of halogens is 1. The molecule has 0 unspecified atom stereocenters. The van der Waals surface area contributed by atoms with Crippen molar-refractivity contribution in [2.75, 3.05) is 31.1 Å². The molecule has 1 fully saturated rings. The van der Waals surface area contributed by atoms with E-state index in [0.29, 0.717) is 31.9 Å². The summed E-state index contributed by atoms with van der Waals surface area (Å²) in [6.45, 7) is 4.55. The number of anilines is 1. The van der Waals surface area contributed by atoms with Gasteiger partial charge in [-0.15, -0.1) is 0 Å². The average molecular weight is 460 g/mol. The molecular formula is C26H26FN5O2. The van der Waals surface area contributed by atoms with E-state index in [0.717, 1.165) is 46.7 Å². The van der Waals surface area contributed by atoms with Crippen LogP contribution in [0.5, 0.6) is 0 Å². The van der Waals surface area contributed by atoms with Gasteiger partial charge < -0.3 is 14.3 Å². The second-order valence-electron chi connectivity index (χ2n) is 8.46. The number of nitrogens with zero attached hydrogens (tertiary/aromatic N) is 5. The van der Waals surface area contributed by atoms with Gasteiger partial charge in [0.1, 0.15) is 28.5 Å². The summed E-state index contributed by atoms with van der Waals surface area (Å²) >= 11 is 0. The Hall–Kier alpha value is -3.81. The monoisotopic (exact) mass is 459 g/mol. The zero-order chi connectivity index (χ0) is 23.5. The number of benzene rings is 2. The number of aryl methyl sites for hydroxylation is 1. The Morgan fingerprint density at radius 2 is 1.74 bits per heavy atom. The molecule has 0 aliphatic carbocycles. The lowest BCUT2D eigenvalue weighted by Gasteiger charge is -2.35. The minimum Gasteiger partial charge on any atom is -0.352 e. The van der Waals surface area contributed by atoms with Gasteiger partial charge in [0.05, 0.1) is 6.42 Å². The van der Waals surface area contributed by atoms with Crippen molar-refractivity contribution in [3.05, 3.63) is 71.8 Å². The van der Waals surface area contributed by atoms with Gasteiger partial charge in [-0.1, -0.05) is 54.5 Å². The molecule has 1 saturated heterocycles. The summed E-state index contributed by atoms with van der Waals surface area (Å²) in [6.07, 6.45) is 1.94. The van der Waals surface area contributed by atoms with Crippen LogP contribution in [0.2, 0.25) is 0 Å². The fourth-order valence-corrected chi connectivity index (χ4v) is 4.29. The molecule has 0 saturated carbocycles. The Labute approximate surface area is 197 Å². The van der Waals surface area contributed by atoms with Gasteiger partial charge in [0, 0.05) is 38.2 Å². The first-order valence-corrected chi connectivity index (χ1v) is 11.6. The predicted molar refractivity (Wildman–Crippen MR) is 128 cm³/mol. The number of carbonyl (C=O) groups excluding carboxylic acids is 1. The van der Waals surface area contributed by atoms with Crippen LogP contribution in [-0.2, 0) is 17.6 Å². The van der Waals surface area contributed by atoms with E-state index < -0.39 is 0 Å². The highest BCUT2D eigenvalue weighted by Gasteiger charge is 2.27. The van der Waals surface area contributed by atoms with Crippen molar-refractivity contribution < 1.29 is 13.7 Å². The van der Waals surface area contributed by atoms with E-state index in [1.54, 1.807) is 12.1 Å². The molecule has 7 nitrogen and oxygen atoms in total. The second kappa shape index (κ2) is 9.59. The van der Waals surface area contributed by atoms with Crippen LogP contribution in [0.15, 0.2) is 59.1 Å². The molecule has 4 aromatic rings. The maximum absolute atomic E-state index is 13.2. The molecule has 0 spiro atoms. The first kappa shape index (κ1) is 22.0. The van der Waals surface area contributed by atoms with E-state index in [2.05, 4.69) is 22.0 Å². The van der Waals surface area contributed by atoms with E-state index in [9.17, 15) is 9.18 Å². The largest absolute Gasteiger partial charge is 0.352 e. The SMILES string of the molecule is CCCc1nc(N2CCN(C(=O)Cc3ccc(F)cc3)CC2)c2c(-c3ccccc3)noc2n1. The topological polar surface area (TPSA) is 75.4 Å². The molecule has 1 amide bonds. The molecule has 2 aromatic heterocycles. The number of carbonyl (C=O) groups is 1. The third-order valence-corrected chi connectivity index (χ3v) is 6.08. The molecule has 1 aliphatic heterocycles. The highest BCUT2D eigenvalue weighted by molar-refractivity contribution is 5.98. The highest BCUT2D eigenvalue weighted by atomic mass is 19.1. The van der Waals surface area contributed by atoms with Crippen LogP contribution in [0.3, 0.4) is 0 Å². The highest BCUT2D eigenvalue weighted by Crippen LogP contribution is 2.34. The quantitative estimate of drug-likeness (QED) is 0.429. The molecule has 0 atom stereocenters. The van der Waals surface area contributed by atoms with Crippen LogP contribution >= 0.6 is 0 Å². The van der Waals surface area contributed by atoms with Crippen molar-refractivity contribution in [3.63, 3.8) is 0 Å². The molecule has 0 bridgehead atoms. The Morgan fingerprint density at radius 3 is 2.44 bits per heavy atom. The molecule has 5 rings (SSSR count). The molecule has 34 heavy (non-hydrogen) atoms. The number of amides is 1. The minimum atomic E-state index is -0.299. The van der Waals surface area contributed by atoms with Crippen LogP contribution in [0.25, 0.3) is 22.4 Å². The number of hydrogen-bond acceptors (Lipinski definition) is 6. The van der Waals surface area contributed by atoms with E-state index >= 15 is 0 Å². The summed E-state index contributed by atoms with van der Waals surface area (Å²) in [6, 6.07) is 16.0. The van der Waals surface area contributed by atoms with Gasteiger partial charge in [-0.3, -0.25) is 4.79 Å². The van der Waals surface area contributed by atoms with Gasteiger partial charge in [0.25, 0.3) is 5.71 Å². The number of fused-ring (bicyclic) bond motifs is 1. The van der Waals surface area contributed by atoms with Crippen molar-refractivity contribution in [3.8, 4) is 11.3 Å². The van der Waals surface area contributed by atoms with Crippen LogP contribution in [0.4, 0.5) is 10.2 Å². The van der Waals surface area contributed by atoms with E-state index in [1.165, 1.54) is 12.1 Å². The van der Waals surface area contributed by atoms with E-state index in [1.807, 2.05) is 35.2 Å². The Bertz CT molecular complexity index is 1280. The molecule has 0 N–H and O–H groups in total. The van der Waals surface area contributed by atoms with E-state index in [4.69, 9.17) is 9.51 Å². The van der Waals surface area contributed by atoms with Crippen LogP contribution in [0, 0.1) is 5.82 Å². The lowest BCUT2D eigenvalue weighted by atomic mass is 10.1. The van der Waals surface area contributed by atoms with Crippen molar-refractivity contribution in [1.82, 2.24) is 20.0 Å². The third-order valence-electron chi connectivity index (χ3n) is 6.08. The molecule has 174 valence electrons. The summed E-state index contributed by atoms with van der Waals surface area (Å²) in [5.74, 6) is 1.28. The molecule has 3 heterocycles. The Morgan fingerprint density at radius 1 is 1.00 bits per heavy atom. The van der Waals surface area contributed by atoms with Crippen molar-refractivity contribution >= 4 is 22.8 Å². The van der Waals surface area contributed by atoms with Gasteiger partial charge in [-0.25, -0.2) is 9.37 Å². The summed E-state index contributed by atoms with van der Waals surface area (Å²) in [5.41, 5.74) is 2.97. The lowest BCUT2D eigenvalue weighted by molar-refractivity contribution is -0.130. The van der Waals surface area contributed by atoms with Gasteiger partial charge in [0.15, 0.2) is 0 Å². The fraction of sp³-hybridized carbons (Fsp3) is 0.308. The Balaban J connectivity index is 1.39. The molecule has 2 aromatic carbocycles. The third kappa shape index (κ3) is 4.48. The minimum absolute atomic E-state index is 0.0423. The molecule has 0 radical (unpaired) electrons. The first-order chi connectivity index (χ1) is 16.6. The van der Waals surface area contributed by atoms with Crippen molar-refractivity contribution in [2.24, 2.45) is 0 Å². The van der Waals surface area contributed by atoms with Crippen LogP contribution in [-0.4, -0.2) is 52.1 Å². The molecule has 1 aliphatic rings. The molecule has 8 heteroatoms. The van der Waals surface area contributed by atoms with E-state index in [-0.39, 0.29) is 18.1 Å². The Kier molecular flexibility index (Phi) is 6.20. The van der Waals surface area contributed by atoms with Gasteiger partial charge in [0.2, 0.25) is 5.91 Å². The van der Waals surface area contributed by atoms with Gasteiger partial charge in [-0.2, -0.15) is 4.98 Å². The summed E-state index contributed by atoms with van der Waals surface area (Å²) < 4.78 is 18.8. The maximum atomic E-state index is 13.2. The number of aromatic nitrogens is 3. The van der Waals surface area contributed by atoms with Gasteiger partial charge in [-0.05, 0) is 24.1 Å². The second-order valence-corrected chi connectivity index (χ2v) is 8.46. The van der Waals surface area contributed by atoms with Crippen LogP contribution in [0.1, 0.15) is 24.7 Å². The summed E-state index contributed by atoms with van der Waals surface area (Å²) in [5, 5.41) is 5.13. The smallest absolute Gasteiger partial charge is 0.263 e. The molecular weight excluding hydrogens is 433 g/mol. The van der Waals surface area contributed by atoms with Gasteiger partial charge >= 0.3 is 0 Å². The first-order valence-electron chi connectivity index (χ1n) is 11.6. The number of piperazine rings is 1. The standard InChI is InChI=1S/C26H26FN5O2/c1-2-6-21-28-25(23-24(30-34-26(23)29-21)19-7-4-3-5-8-19)32-15-13-31(14-16-32)22(33)17-18-9-11-20(27)12-10-18/h3-5,7-12H,2,6,13-17H2,1H3. The lowest BCUT2D eigenvalue weighted by Crippen LogP contribution is -2.49. The van der Waals surface area contributed by atoms with Crippen molar-refractivity contribution in [2.45, 2.75) is 26.2 Å². The zero-order valence-electron chi connectivity index (χ0n) is 19.1. The normalized spacial score (nSPS) is 14.1. The zero-order valence-corrected chi connectivity index (χ0v) is 19.1. The number of rotatable bonds is 6. The summed E-state index contributed by atoms with van der Waals surface area (Å²) in [7, 11) is 0. The van der Waals surface area contributed by atoms with Crippen molar-refractivity contribution in [1.29, 1.82) is 0 Å². The number of hydrogen-bond donors (Lipinski definition) is 0. The average Bonchev–Trinajstić information content (AvgIpc) is 3.30. The predicted octanol–water partition coefficient (Wildman–Crippen LogP) is 4.27. The maximum Gasteiger partial charge on any atom is 0.263 e. The fourth-order valence-electron chi connectivity index (χ4n) is 4.29. The summed E-state index contributed by atoms with van der Waals surface area (Å²) in [4.78, 5) is 26.4.